The minimum Gasteiger partial charge on any atom is -0.488 e. The number of hydrogen-bond acceptors (Lipinski definition) is 3. The van der Waals surface area contributed by atoms with Crippen LogP contribution < -0.4 is 4.74 Å². The highest BCUT2D eigenvalue weighted by Gasteiger charge is 2.15. The lowest BCUT2D eigenvalue weighted by Crippen LogP contribution is -2.46. The van der Waals surface area contributed by atoms with E-state index in [9.17, 15) is 0 Å². The molecule has 0 bridgehead atoms. The van der Waals surface area contributed by atoms with Crippen LogP contribution in [0.5, 0.6) is 5.75 Å². The van der Waals surface area contributed by atoms with E-state index in [1.165, 1.54) is 43.9 Å². The van der Waals surface area contributed by atoms with E-state index >= 15 is 0 Å². The van der Waals surface area contributed by atoms with E-state index in [0.29, 0.717) is 6.61 Å². The van der Waals surface area contributed by atoms with Gasteiger partial charge < -0.3 is 14.5 Å². The van der Waals surface area contributed by atoms with E-state index in [2.05, 4.69) is 63.0 Å². The van der Waals surface area contributed by atoms with Crippen LogP contribution in [0.3, 0.4) is 0 Å². The number of likely N-dealkylation sites (N-methyl/N-ethyl adjacent to an activating group) is 1. The number of ether oxygens (including phenoxy) is 1. The van der Waals surface area contributed by atoms with Gasteiger partial charge >= 0.3 is 0 Å². The molecule has 0 saturated carbocycles. The van der Waals surface area contributed by atoms with Crippen molar-refractivity contribution in [1.82, 2.24) is 9.80 Å². The van der Waals surface area contributed by atoms with Crippen LogP contribution in [-0.2, 0) is 13.0 Å². The molecule has 0 N–H and O–H groups in total. The van der Waals surface area contributed by atoms with Crippen molar-refractivity contribution in [2.45, 2.75) is 20.0 Å². The number of nitrogens with zero attached hydrogens (tertiary/aromatic N) is 2. The van der Waals surface area contributed by atoms with Crippen molar-refractivity contribution < 1.29 is 4.74 Å². The summed E-state index contributed by atoms with van der Waals surface area (Å²) in [6.07, 6.45) is 1.09. The molecule has 1 saturated heterocycles. The third kappa shape index (κ3) is 5.56. The summed E-state index contributed by atoms with van der Waals surface area (Å²) in [5.41, 5.74) is 2.54. The maximum Gasteiger partial charge on any atom is 0.134 e. The van der Waals surface area contributed by atoms with Crippen LogP contribution >= 0.6 is 15.9 Å². The predicted octanol–water partition coefficient (Wildman–Crippen LogP) is 4.21. The Hall–Kier alpha value is -1.36. The monoisotopic (exact) mass is 402 g/mol. The standard InChI is InChI=1S/C21H27BrN2O/c1-2-23-12-14-24(15-13-23)11-10-18-8-9-21(20(22)16-18)25-17-19-6-4-3-5-7-19/h3-9,16H,2,10-15,17H2,1H3. The zero-order chi connectivity index (χ0) is 17.5. The molecule has 0 amide bonds. The largest absolute Gasteiger partial charge is 0.488 e. The van der Waals surface area contributed by atoms with Crippen molar-refractivity contribution in [2.75, 3.05) is 39.3 Å². The molecule has 0 unspecified atom stereocenters. The van der Waals surface area contributed by atoms with Crippen LogP contribution in [0.1, 0.15) is 18.1 Å². The lowest BCUT2D eigenvalue weighted by atomic mass is 10.1. The molecule has 1 aliphatic rings. The second-order valence-corrected chi connectivity index (χ2v) is 7.42. The van der Waals surface area contributed by atoms with E-state index in [1.807, 2.05) is 18.2 Å². The number of benzene rings is 2. The summed E-state index contributed by atoms with van der Waals surface area (Å²) in [4.78, 5) is 5.09. The average molecular weight is 403 g/mol. The second-order valence-electron chi connectivity index (χ2n) is 6.56. The van der Waals surface area contributed by atoms with Gasteiger partial charge in [0.05, 0.1) is 4.47 Å². The SMILES string of the molecule is CCN1CCN(CCc2ccc(OCc3ccccc3)c(Br)c2)CC1. The molecule has 1 fully saturated rings. The average Bonchev–Trinajstić information content (AvgIpc) is 2.67. The fourth-order valence-corrected chi connectivity index (χ4v) is 3.71. The Morgan fingerprint density at radius 2 is 1.64 bits per heavy atom. The van der Waals surface area contributed by atoms with Gasteiger partial charge in [-0.3, -0.25) is 0 Å². The molecule has 0 radical (unpaired) electrons. The highest BCUT2D eigenvalue weighted by atomic mass is 79.9. The number of halogens is 1. The van der Waals surface area contributed by atoms with Crippen molar-refractivity contribution in [2.24, 2.45) is 0 Å². The first kappa shape index (κ1) is 18.4. The van der Waals surface area contributed by atoms with Crippen LogP contribution in [0.2, 0.25) is 0 Å². The van der Waals surface area contributed by atoms with Gasteiger partial charge in [0.2, 0.25) is 0 Å². The fourth-order valence-electron chi connectivity index (χ4n) is 3.17. The van der Waals surface area contributed by atoms with E-state index in [0.717, 1.165) is 23.2 Å². The van der Waals surface area contributed by atoms with E-state index in [-0.39, 0.29) is 0 Å². The number of piperazine rings is 1. The van der Waals surface area contributed by atoms with Gasteiger partial charge in [0.15, 0.2) is 0 Å². The summed E-state index contributed by atoms with van der Waals surface area (Å²) in [5, 5.41) is 0. The zero-order valence-corrected chi connectivity index (χ0v) is 16.5. The molecular weight excluding hydrogens is 376 g/mol. The van der Waals surface area contributed by atoms with Gasteiger partial charge in [-0.05, 0) is 52.2 Å². The van der Waals surface area contributed by atoms with Gasteiger partial charge in [0.1, 0.15) is 12.4 Å². The maximum absolute atomic E-state index is 5.93. The van der Waals surface area contributed by atoms with Crippen LogP contribution in [0.15, 0.2) is 53.0 Å². The Morgan fingerprint density at radius 1 is 0.920 bits per heavy atom. The summed E-state index contributed by atoms with van der Waals surface area (Å²) < 4.78 is 6.97. The third-order valence-corrected chi connectivity index (χ3v) is 5.48. The van der Waals surface area contributed by atoms with E-state index in [1.54, 1.807) is 0 Å². The van der Waals surface area contributed by atoms with Gasteiger partial charge in [-0.1, -0.05) is 43.3 Å². The number of hydrogen-bond donors (Lipinski definition) is 0. The van der Waals surface area contributed by atoms with Crippen molar-refractivity contribution in [3.05, 3.63) is 64.1 Å². The Bertz CT molecular complexity index is 654. The molecule has 0 atom stereocenters. The Labute approximate surface area is 159 Å². The molecule has 4 heteroatoms. The summed E-state index contributed by atoms with van der Waals surface area (Å²) >= 11 is 3.66. The van der Waals surface area contributed by atoms with Crippen LogP contribution in [0, 0.1) is 0 Å². The molecule has 25 heavy (non-hydrogen) atoms. The lowest BCUT2D eigenvalue weighted by molar-refractivity contribution is 0.138. The third-order valence-electron chi connectivity index (χ3n) is 4.86. The predicted molar refractivity (Wildman–Crippen MR) is 107 cm³/mol. The highest BCUT2D eigenvalue weighted by molar-refractivity contribution is 9.10. The molecule has 0 aliphatic carbocycles. The Kier molecular flexibility index (Phi) is 6.91. The van der Waals surface area contributed by atoms with Gasteiger partial charge in [0.25, 0.3) is 0 Å². The molecular formula is C21H27BrN2O. The summed E-state index contributed by atoms with van der Waals surface area (Å²) in [5.74, 6) is 0.907. The van der Waals surface area contributed by atoms with Gasteiger partial charge in [-0.25, -0.2) is 0 Å². The van der Waals surface area contributed by atoms with Crippen molar-refractivity contribution in [3.63, 3.8) is 0 Å². The first-order valence-electron chi connectivity index (χ1n) is 9.14. The zero-order valence-electron chi connectivity index (χ0n) is 15.0. The van der Waals surface area contributed by atoms with Crippen molar-refractivity contribution in [1.29, 1.82) is 0 Å². The maximum atomic E-state index is 5.93. The molecule has 1 heterocycles. The number of rotatable bonds is 7. The van der Waals surface area contributed by atoms with Gasteiger partial charge in [0, 0.05) is 32.7 Å². The van der Waals surface area contributed by atoms with Gasteiger partial charge in [-0.15, -0.1) is 0 Å². The van der Waals surface area contributed by atoms with Crippen molar-refractivity contribution >= 4 is 15.9 Å². The van der Waals surface area contributed by atoms with Gasteiger partial charge in [-0.2, -0.15) is 0 Å². The molecule has 2 aromatic carbocycles. The van der Waals surface area contributed by atoms with Crippen molar-refractivity contribution in [3.8, 4) is 5.75 Å². The molecule has 3 nitrogen and oxygen atoms in total. The minimum absolute atomic E-state index is 0.598. The summed E-state index contributed by atoms with van der Waals surface area (Å²) in [7, 11) is 0. The topological polar surface area (TPSA) is 15.7 Å². The lowest BCUT2D eigenvalue weighted by Gasteiger charge is -2.34. The molecule has 1 aliphatic heterocycles. The first-order valence-corrected chi connectivity index (χ1v) is 9.94. The summed E-state index contributed by atoms with van der Waals surface area (Å²) in [6.45, 7) is 9.92. The normalized spacial score (nSPS) is 16.1. The molecule has 0 spiro atoms. The highest BCUT2D eigenvalue weighted by Crippen LogP contribution is 2.27. The molecule has 0 aromatic heterocycles. The fraction of sp³-hybridized carbons (Fsp3) is 0.429. The van der Waals surface area contributed by atoms with Crippen LogP contribution in [0.25, 0.3) is 0 Å². The first-order chi connectivity index (χ1) is 12.2. The summed E-state index contributed by atoms with van der Waals surface area (Å²) in [6, 6.07) is 16.7. The van der Waals surface area contributed by atoms with E-state index in [4.69, 9.17) is 4.74 Å². The smallest absolute Gasteiger partial charge is 0.134 e. The Morgan fingerprint density at radius 3 is 2.32 bits per heavy atom. The van der Waals surface area contributed by atoms with Crippen LogP contribution in [0.4, 0.5) is 0 Å². The molecule has 2 aromatic rings. The quantitative estimate of drug-likeness (QED) is 0.689. The Balaban J connectivity index is 1.48. The van der Waals surface area contributed by atoms with Crippen LogP contribution in [-0.4, -0.2) is 49.1 Å². The molecule has 3 rings (SSSR count). The van der Waals surface area contributed by atoms with E-state index < -0.39 is 0 Å². The minimum atomic E-state index is 0.598. The second kappa shape index (κ2) is 9.37. The molecule has 134 valence electrons.